The highest BCUT2D eigenvalue weighted by molar-refractivity contribution is 5.92. The molecule has 1 heteroatoms. The lowest BCUT2D eigenvalue weighted by Gasteiger charge is -2.25. The summed E-state index contributed by atoms with van der Waals surface area (Å²) < 4.78 is 0. The van der Waals surface area contributed by atoms with Gasteiger partial charge in [-0.05, 0) is 50.2 Å². The number of aromatic amines is 1. The molecule has 0 saturated heterocycles. The summed E-state index contributed by atoms with van der Waals surface area (Å²) in [6.07, 6.45) is 5.16. The van der Waals surface area contributed by atoms with Gasteiger partial charge in [0.05, 0.1) is 11.1 Å². The van der Waals surface area contributed by atoms with Gasteiger partial charge in [-0.15, -0.1) is 0 Å². The van der Waals surface area contributed by atoms with Gasteiger partial charge in [-0.3, -0.25) is 0 Å². The Bertz CT molecular complexity index is 977. The summed E-state index contributed by atoms with van der Waals surface area (Å²) >= 11 is 0. The van der Waals surface area contributed by atoms with Gasteiger partial charge in [0.15, 0.2) is 0 Å². The highest BCUT2D eigenvalue weighted by atomic mass is 14.7. The molecule has 1 N–H and O–H groups in total. The maximum atomic E-state index is 3.75. The SMILES string of the molecule is CC(C#CC1CC1)(c1c(-c2ccccc2)[nH]c2ccccc12)C1CC1. The molecule has 5 rings (SSSR count). The van der Waals surface area contributed by atoms with Crippen LogP contribution in [0.2, 0.25) is 0 Å². The van der Waals surface area contributed by atoms with Crippen LogP contribution in [-0.4, -0.2) is 4.98 Å². The minimum Gasteiger partial charge on any atom is -0.354 e. The molecule has 1 heterocycles. The van der Waals surface area contributed by atoms with Gasteiger partial charge in [-0.25, -0.2) is 0 Å². The van der Waals surface area contributed by atoms with Crippen molar-refractivity contribution in [3.05, 3.63) is 60.2 Å². The summed E-state index contributed by atoms with van der Waals surface area (Å²) in [5.74, 6) is 8.66. The Kier molecular flexibility index (Phi) is 3.28. The number of nitrogens with one attached hydrogen (secondary N) is 1. The quantitative estimate of drug-likeness (QED) is 0.576. The third-order valence-corrected chi connectivity index (χ3v) is 5.80. The highest BCUT2D eigenvalue weighted by Crippen LogP contribution is 2.51. The lowest BCUT2D eigenvalue weighted by atomic mass is 9.76. The molecule has 1 unspecified atom stereocenters. The van der Waals surface area contributed by atoms with Gasteiger partial charge in [0.2, 0.25) is 0 Å². The minimum absolute atomic E-state index is 0.0621. The van der Waals surface area contributed by atoms with Crippen molar-refractivity contribution in [3.63, 3.8) is 0 Å². The van der Waals surface area contributed by atoms with E-state index in [1.54, 1.807) is 0 Å². The predicted octanol–water partition coefficient (Wildman–Crippen LogP) is 5.92. The number of aromatic nitrogens is 1. The lowest BCUT2D eigenvalue weighted by Crippen LogP contribution is -2.23. The maximum Gasteiger partial charge on any atom is 0.0590 e. The van der Waals surface area contributed by atoms with E-state index in [9.17, 15) is 0 Å². The first-order valence-corrected chi connectivity index (χ1v) is 9.45. The molecule has 124 valence electrons. The van der Waals surface area contributed by atoms with E-state index in [4.69, 9.17) is 0 Å². The fraction of sp³-hybridized carbons (Fsp3) is 0.333. The number of rotatable bonds is 3. The Labute approximate surface area is 149 Å². The van der Waals surface area contributed by atoms with E-state index in [2.05, 4.69) is 78.3 Å². The summed E-state index contributed by atoms with van der Waals surface area (Å²) in [7, 11) is 0. The average Bonchev–Trinajstić information content (AvgIpc) is 3.56. The van der Waals surface area contributed by atoms with Crippen molar-refractivity contribution in [2.24, 2.45) is 11.8 Å². The summed E-state index contributed by atoms with van der Waals surface area (Å²) in [5, 5.41) is 1.33. The molecule has 0 bridgehead atoms. The van der Waals surface area contributed by atoms with Gasteiger partial charge in [0, 0.05) is 22.4 Å². The summed E-state index contributed by atoms with van der Waals surface area (Å²) in [6, 6.07) is 19.4. The van der Waals surface area contributed by atoms with Gasteiger partial charge in [0.1, 0.15) is 0 Å². The van der Waals surface area contributed by atoms with Crippen LogP contribution in [0.1, 0.15) is 38.2 Å². The van der Waals surface area contributed by atoms with Crippen molar-refractivity contribution >= 4 is 10.9 Å². The second kappa shape index (κ2) is 5.53. The van der Waals surface area contributed by atoms with E-state index in [1.807, 2.05) is 0 Å². The molecule has 1 nitrogen and oxygen atoms in total. The topological polar surface area (TPSA) is 15.8 Å². The second-order valence-electron chi connectivity index (χ2n) is 7.81. The predicted molar refractivity (Wildman–Crippen MR) is 104 cm³/mol. The van der Waals surface area contributed by atoms with Gasteiger partial charge in [-0.1, -0.05) is 60.4 Å². The van der Waals surface area contributed by atoms with Crippen LogP contribution in [0.3, 0.4) is 0 Å². The first kappa shape index (κ1) is 14.8. The normalized spacial score (nSPS) is 19.2. The van der Waals surface area contributed by atoms with E-state index >= 15 is 0 Å². The smallest absolute Gasteiger partial charge is 0.0590 e. The molecule has 25 heavy (non-hydrogen) atoms. The molecule has 0 aliphatic heterocycles. The van der Waals surface area contributed by atoms with E-state index in [0.717, 1.165) is 0 Å². The Morgan fingerprint density at radius 1 is 0.920 bits per heavy atom. The van der Waals surface area contributed by atoms with Crippen LogP contribution in [-0.2, 0) is 5.41 Å². The standard InChI is InChI=1S/C24H23N/c1-24(19-13-14-19,16-15-17-11-12-17)22-20-9-5-6-10-21(20)25-23(22)18-7-3-2-4-8-18/h2-10,17,19,25H,11-14H2,1H3. The molecule has 0 radical (unpaired) electrons. The van der Waals surface area contributed by atoms with Crippen molar-refractivity contribution in [2.75, 3.05) is 0 Å². The van der Waals surface area contributed by atoms with Gasteiger partial charge in [-0.2, -0.15) is 0 Å². The zero-order valence-corrected chi connectivity index (χ0v) is 14.7. The Balaban J connectivity index is 1.77. The zero-order chi connectivity index (χ0) is 16.9. The van der Waals surface area contributed by atoms with Crippen molar-refractivity contribution < 1.29 is 0 Å². The first-order valence-electron chi connectivity index (χ1n) is 9.45. The monoisotopic (exact) mass is 325 g/mol. The lowest BCUT2D eigenvalue weighted by molar-refractivity contribution is 0.541. The van der Waals surface area contributed by atoms with Crippen LogP contribution in [0.25, 0.3) is 22.2 Å². The molecule has 1 atom stereocenters. The fourth-order valence-corrected chi connectivity index (χ4v) is 4.01. The number of H-pyrrole nitrogens is 1. The van der Waals surface area contributed by atoms with Crippen LogP contribution in [0.15, 0.2) is 54.6 Å². The third-order valence-electron chi connectivity index (χ3n) is 5.80. The Hall–Kier alpha value is -2.46. The number of hydrogen-bond acceptors (Lipinski definition) is 0. The average molecular weight is 325 g/mol. The highest BCUT2D eigenvalue weighted by Gasteiger charge is 2.44. The van der Waals surface area contributed by atoms with Crippen molar-refractivity contribution in [1.29, 1.82) is 0 Å². The molecular formula is C24H23N. The first-order chi connectivity index (χ1) is 12.3. The van der Waals surface area contributed by atoms with Crippen molar-refractivity contribution in [1.82, 2.24) is 4.98 Å². The molecule has 2 aliphatic carbocycles. The molecule has 2 fully saturated rings. The summed E-state index contributed by atoms with van der Waals surface area (Å²) in [5.41, 5.74) is 5.07. The van der Waals surface area contributed by atoms with E-state index < -0.39 is 0 Å². The Morgan fingerprint density at radius 2 is 1.64 bits per heavy atom. The second-order valence-corrected chi connectivity index (χ2v) is 7.81. The number of benzene rings is 2. The molecule has 0 spiro atoms. The molecule has 2 saturated carbocycles. The Morgan fingerprint density at radius 3 is 2.36 bits per heavy atom. The van der Waals surface area contributed by atoms with E-state index in [0.29, 0.717) is 11.8 Å². The van der Waals surface area contributed by atoms with Crippen LogP contribution >= 0.6 is 0 Å². The molecule has 2 aromatic carbocycles. The molecule has 2 aliphatic rings. The van der Waals surface area contributed by atoms with E-state index in [1.165, 1.54) is 53.4 Å². The largest absolute Gasteiger partial charge is 0.354 e. The van der Waals surface area contributed by atoms with Crippen LogP contribution in [0, 0.1) is 23.7 Å². The minimum atomic E-state index is -0.0621. The third kappa shape index (κ3) is 2.57. The van der Waals surface area contributed by atoms with Gasteiger partial charge >= 0.3 is 0 Å². The molecular weight excluding hydrogens is 302 g/mol. The van der Waals surface area contributed by atoms with Crippen molar-refractivity contribution in [2.45, 2.75) is 38.0 Å². The molecule has 3 aromatic rings. The zero-order valence-electron chi connectivity index (χ0n) is 14.7. The number of hydrogen-bond donors (Lipinski definition) is 1. The van der Waals surface area contributed by atoms with Crippen LogP contribution in [0.4, 0.5) is 0 Å². The number of fused-ring (bicyclic) bond motifs is 1. The van der Waals surface area contributed by atoms with E-state index in [-0.39, 0.29) is 5.41 Å². The number of para-hydroxylation sites is 1. The summed E-state index contributed by atoms with van der Waals surface area (Å²) in [4.78, 5) is 3.70. The van der Waals surface area contributed by atoms with Gasteiger partial charge in [0.25, 0.3) is 0 Å². The summed E-state index contributed by atoms with van der Waals surface area (Å²) in [6.45, 7) is 2.38. The van der Waals surface area contributed by atoms with Gasteiger partial charge < -0.3 is 4.98 Å². The molecule has 1 aromatic heterocycles. The van der Waals surface area contributed by atoms with Crippen LogP contribution in [0.5, 0.6) is 0 Å². The molecule has 0 amide bonds. The fourth-order valence-electron chi connectivity index (χ4n) is 4.01. The maximum absolute atomic E-state index is 3.75. The van der Waals surface area contributed by atoms with Crippen LogP contribution < -0.4 is 0 Å². The van der Waals surface area contributed by atoms with Crippen molar-refractivity contribution in [3.8, 4) is 23.1 Å².